The molecule has 1 unspecified atom stereocenters. The summed E-state index contributed by atoms with van der Waals surface area (Å²) in [7, 11) is 0. The van der Waals surface area contributed by atoms with E-state index in [9.17, 15) is 9.59 Å². The average Bonchev–Trinajstić information content (AvgIpc) is 3.30. The number of hydrogen-bond donors (Lipinski definition) is 2. The highest BCUT2D eigenvalue weighted by Crippen LogP contribution is 2.30. The van der Waals surface area contributed by atoms with E-state index in [0.29, 0.717) is 12.2 Å². The first-order chi connectivity index (χ1) is 15.0. The first-order valence-electron chi connectivity index (χ1n) is 10.9. The van der Waals surface area contributed by atoms with Gasteiger partial charge in [0.15, 0.2) is 0 Å². The molecule has 4 rings (SSSR count). The monoisotopic (exact) mass is 415 g/mol. The van der Waals surface area contributed by atoms with Gasteiger partial charge in [-0.1, -0.05) is 60.2 Å². The fraction of sp³-hybridized carbons (Fsp3) is 0.308. The van der Waals surface area contributed by atoms with Crippen LogP contribution in [0.5, 0.6) is 0 Å². The van der Waals surface area contributed by atoms with Gasteiger partial charge in [0.2, 0.25) is 0 Å². The van der Waals surface area contributed by atoms with Gasteiger partial charge in [0.05, 0.1) is 6.04 Å². The van der Waals surface area contributed by atoms with Crippen LogP contribution >= 0.6 is 0 Å². The predicted molar refractivity (Wildman–Crippen MR) is 125 cm³/mol. The number of nitrogens with one attached hydrogen (secondary N) is 2. The van der Waals surface area contributed by atoms with E-state index in [0.717, 1.165) is 37.1 Å². The van der Waals surface area contributed by atoms with E-state index in [-0.39, 0.29) is 6.04 Å². The number of hydrogen-bond acceptors (Lipinski definition) is 3. The van der Waals surface area contributed by atoms with Crippen molar-refractivity contribution in [3.63, 3.8) is 0 Å². The molecule has 160 valence electrons. The van der Waals surface area contributed by atoms with Crippen molar-refractivity contribution in [2.75, 3.05) is 25.0 Å². The molecule has 0 spiro atoms. The van der Waals surface area contributed by atoms with Crippen molar-refractivity contribution in [2.24, 2.45) is 0 Å². The molecule has 0 radical (unpaired) electrons. The Balaban J connectivity index is 1.50. The van der Waals surface area contributed by atoms with Crippen LogP contribution in [0.2, 0.25) is 0 Å². The van der Waals surface area contributed by atoms with Crippen LogP contribution in [-0.4, -0.2) is 36.3 Å². The molecular formula is C26H29N3O2. The van der Waals surface area contributed by atoms with Crippen molar-refractivity contribution < 1.29 is 9.59 Å². The van der Waals surface area contributed by atoms with E-state index in [1.54, 1.807) is 0 Å². The third kappa shape index (κ3) is 4.78. The van der Waals surface area contributed by atoms with Gasteiger partial charge in [-0.3, -0.25) is 14.5 Å². The standard InChI is InChI=1S/C26H29N3O2/c1-18-12-13-23(19(2)16-18)28-26(31)25(30)27-17-24(29-14-5-6-15-29)22-11-7-9-20-8-3-4-10-21(20)22/h3-4,7-13,16,24H,5-6,14-15,17H2,1-2H3,(H,27,30)(H,28,31). The number of amides is 2. The Labute approximate surface area is 183 Å². The summed E-state index contributed by atoms with van der Waals surface area (Å²) < 4.78 is 0. The van der Waals surface area contributed by atoms with Crippen molar-refractivity contribution >= 4 is 28.3 Å². The van der Waals surface area contributed by atoms with E-state index in [1.807, 2.05) is 44.2 Å². The van der Waals surface area contributed by atoms with E-state index in [2.05, 4.69) is 45.9 Å². The van der Waals surface area contributed by atoms with Crippen molar-refractivity contribution in [3.05, 3.63) is 77.4 Å². The minimum Gasteiger partial charge on any atom is -0.346 e. The molecule has 1 atom stereocenters. The van der Waals surface area contributed by atoms with Crippen LogP contribution < -0.4 is 10.6 Å². The number of aryl methyl sites for hydroxylation is 2. The summed E-state index contributed by atoms with van der Waals surface area (Å²) in [5.41, 5.74) is 3.90. The molecule has 1 aliphatic rings. The Hall–Kier alpha value is -3.18. The number of nitrogens with zero attached hydrogens (tertiary/aromatic N) is 1. The molecule has 0 aliphatic carbocycles. The third-order valence-corrected chi connectivity index (χ3v) is 6.06. The van der Waals surface area contributed by atoms with Crippen molar-refractivity contribution in [1.29, 1.82) is 0 Å². The Bertz CT molecular complexity index is 1100. The zero-order valence-corrected chi connectivity index (χ0v) is 18.2. The van der Waals surface area contributed by atoms with Gasteiger partial charge in [0.25, 0.3) is 0 Å². The minimum atomic E-state index is -0.634. The maximum atomic E-state index is 12.6. The number of anilines is 1. The molecule has 3 aromatic carbocycles. The number of fused-ring (bicyclic) bond motifs is 1. The van der Waals surface area contributed by atoms with Crippen molar-refractivity contribution in [3.8, 4) is 0 Å². The topological polar surface area (TPSA) is 61.4 Å². The number of carbonyl (C=O) groups excluding carboxylic acids is 2. The van der Waals surface area contributed by atoms with Gasteiger partial charge < -0.3 is 10.6 Å². The van der Waals surface area contributed by atoms with Crippen LogP contribution in [0.4, 0.5) is 5.69 Å². The van der Waals surface area contributed by atoms with Crippen LogP contribution in [0.1, 0.15) is 35.6 Å². The fourth-order valence-corrected chi connectivity index (χ4v) is 4.43. The van der Waals surface area contributed by atoms with Crippen LogP contribution in [-0.2, 0) is 9.59 Å². The predicted octanol–water partition coefficient (Wildman–Crippen LogP) is 4.35. The van der Waals surface area contributed by atoms with Crippen LogP contribution in [0.25, 0.3) is 10.8 Å². The Kier molecular flexibility index (Phi) is 6.33. The van der Waals surface area contributed by atoms with Crippen LogP contribution in [0.3, 0.4) is 0 Å². The summed E-state index contributed by atoms with van der Waals surface area (Å²) in [6.07, 6.45) is 2.31. The largest absolute Gasteiger partial charge is 0.346 e. The summed E-state index contributed by atoms with van der Waals surface area (Å²) in [4.78, 5) is 27.5. The van der Waals surface area contributed by atoms with Gasteiger partial charge in [-0.05, 0) is 67.7 Å². The van der Waals surface area contributed by atoms with Gasteiger partial charge in [0, 0.05) is 12.2 Å². The fourth-order valence-electron chi connectivity index (χ4n) is 4.43. The lowest BCUT2D eigenvalue weighted by molar-refractivity contribution is -0.136. The highest BCUT2D eigenvalue weighted by molar-refractivity contribution is 6.39. The molecule has 1 saturated heterocycles. The average molecular weight is 416 g/mol. The third-order valence-electron chi connectivity index (χ3n) is 6.06. The molecule has 3 aromatic rings. The second kappa shape index (κ2) is 9.31. The van der Waals surface area contributed by atoms with Crippen LogP contribution in [0, 0.1) is 13.8 Å². The Morgan fingerprint density at radius 2 is 1.68 bits per heavy atom. The zero-order chi connectivity index (χ0) is 21.8. The van der Waals surface area contributed by atoms with Crippen molar-refractivity contribution in [1.82, 2.24) is 10.2 Å². The first-order valence-corrected chi connectivity index (χ1v) is 10.9. The molecule has 1 heterocycles. The van der Waals surface area contributed by atoms with E-state index in [1.165, 1.54) is 16.3 Å². The van der Waals surface area contributed by atoms with Gasteiger partial charge >= 0.3 is 11.8 Å². The smallest absolute Gasteiger partial charge is 0.313 e. The minimum absolute atomic E-state index is 0.0338. The van der Waals surface area contributed by atoms with Crippen molar-refractivity contribution in [2.45, 2.75) is 32.7 Å². The van der Waals surface area contributed by atoms with Gasteiger partial charge in [-0.25, -0.2) is 0 Å². The molecule has 5 heteroatoms. The highest BCUT2D eigenvalue weighted by Gasteiger charge is 2.26. The molecule has 2 N–H and O–H groups in total. The van der Waals surface area contributed by atoms with Gasteiger partial charge in [-0.2, -0.15) is 0 Å². The summed E-state index contributed by atoms with van der Waals surface area (Å²) >= 11 is 0. The molecule has 1 aliphatic heterocycles. The lowest BCUT2D eigenvalue weighted by atomic mass is 9.97. The number of benzene rings is 3. The molecule has 2 amide bonds. The normalized spacial score (nSPS) is 15.0. The molecule has 5 nitrogen and oxygen atoms in total. The lowest BCUT2D eigenvalue weighted by Gasteiger charge is -2.29. The maximum absolute atomic E-state index is 12.6. The summed E-state index contributed by atoms with van der Waals surface area (Å²) in [5, 5.41) is 7.99. The first kappa shape index (κ1) is 21.1. The molecule has 0 bridgehead atoms. The van der Waals surface area contributed by atoms with E-state index < -0.39 is 11.8 Å². The number of rotatable bonds is 5. The molecular weight excluding hydrogens is 386 g/mol. The van der Waals surface area contributed by atoms with Crippen LogP contribution in [0.15, 0.2) is 60.7 Å². The quantitative estimate of drug-likeness (QED) is 0.609. The Morgan fingerprint density at radius 1 is 0.935 bits per heavy atom. The molecule has 0 aromatic heterocycles. The SMILES string of the molecule is Cc1ccc(NC(=O)C(=O)NCC(c2cccc3ccccc23)N2CCCC2)c(C)c1. The summed E-state index contributed by atoms with van der Waals surface area (Å²) in [6.45, 7) is 6.31. The highest BCUT2D eigenvalue weighted by atomic mass is 16.2. The van der Waals surface area contributed by atoms with E-state index in [4.69, 9.17) is 0 Å². The van der Waals surface area contributed by atoms with Gasteiger partial charge in [0.1, 0.15) is 0 Å². The molecule has 0 saturated carbocycles. The number of carbonyl (C=O) groups is 2. The molecule has 1 fully saturated rings. The van der Waals surface area contributed by atoms with E-state index >= 15 is 0 Å². The lowest BCUT2D eigenvalue weighted by Crippen LogP contribution is -2.41. The second-order valence-corrected chi connectivity index (χ2v) is 8.31. The Morgan fingerprint density at radius 3 is 2.45 bits per heavy atom. The summed E-state index contributed by atoms with van der Waals surface area (Å²) in [5.74, 6) is -1.24. The number of likely N-dealkylation sites (tertiary alicyclic amines) is 1. The zero-order valence-electron chi connectivity index (χ0n) is 18.2. The second-order valence-electron chi connectivity index (χ2n) is 8.31. The molecule has 31 heavy (non-hydrogen) atoms. The summed E-state index contributed by atoms with van der Waals surface area (Å²) in [6, 6.07) is 20.4. The maximum Gasteiger partial charge on any atom is 0.313 e. The van der Waals surface area contributed by atoms with Gasteiger partial charge in [-0.15, -0.1) is 0 Å².